The Kier molecular flexibility index (Phi) is 4.62. The first-order valence-electron chi connectivity index (χ1n) is 7.74. The van der Waals surface area contributed by atoms with Crippen LogP contribution in [0, 0.1) is 5.82 Å². The molecule has 2 aromatic rings. The molecule has 0 bridgehead atoms. The van der Waals surface area contributed by atoms with Crippen molar-refractivity contribution in [2.24, 2.45) is 0 Å². The number of benzene rings is 1. The van der Waals surface area contributed by atoms with E-state index >= 15 is 0 Å². The minimum absolute atomic E-state index is 0.0856. The highest BCUT2D eigenvalue weighted by atomic mass is 32.1. The normalized spacial score (nSPS) is 16.0. The maximum Gasteiger partial charge on any atom is 0.305 e. The number of aromatic nitrogens is 1. The standard InChI is InChI=1S/C17H17FN2O3S/c18-12-6-2-1-5-11(12)16-19-10-13(24-16)15(23)20-17(9-14(21)22)7-3-4-8-17/h1-2,5-6,10H,3-4,7-9H2,(H,20,23)(H,21,22). The SMILES string of the molecule is O=C(O)CC1(NC(=O)c2cnc(-c3ccccc3F)s2)CCCC1. The largest absolute Gasteiger partial charge is 0.481 e. The summed E-state index contributed by atoms with van der Waals surface area (Å²) in [6.07, 6.45) is 4.43. The lowest BCUT2D eigenvalue weighted by molar-refractivity contribution is -0.138. The first kappa shape index (κ1) is 16.6. The Bertz CT molecular complexity index is 769. The first-order chi connectivity index (χ1) is 11.5. The Morgan fingerprint density at radius 3 is 2.67 bits per heavy atom. The van der Waals surface area contributed by atoms with E-state index in [1.54, 1.807) is 18.2 Å². The van der Waals surface area contributed by atoms with Crippen LogP contribution >= 0.6 is 11.3 Å². The molecule has 0 saturated heterocycles. The van der Waals surface area contributed by atoms with Gasteiger partial charge in [-0.05, 0) is 25.0 Å². The smallest absolute Gasteiger partial charge is 0.305 e. The maximum atomic E-state index is 13.8. The molecule has 1 aromatic carbocycles. The second-order valence-corrected chi connectivity index (χ2v) is 7.05. The summed E-state index contributed by atoms with van der Waals surface area (Å²) in [5.74, 6) is -1.66. The van der Waals surface area contributed by atoms with E-state index < -0.39 is 17.3 Å². The molecular formula is C17H17FN2O3S. The van der Waals surface area contributed by atoms with Gasteiger partial charge in [0.05, 0.1) is 18.2 Å². The number of thiazole rings is 1. The van der Waals surface area contributed by atoms with Gasteiger partial charge in [0.25, 0.3) is 5.91 Å². The molecule has 0 radical (unpaired) electrons. The average molecular weight is 348 g/mol. The van der Waals surface area contributed by atoms with Crippen LogP contribution in [0.3, 0.4) is 0 Å². The van der Waals surface area contributed by atoms with Gasteiger partial charge in [-0.3, -0.25) is 9.59 Å². The van der Waals surface area contributed by atoms with E-state index in [2.05, 4.69) is 10.3 Å². The van der Waals surface area contributed by atoms with Gasteiger partial charge in [0.2, 0.25) is 0 Å². The summed E-state index contributed by atoms with van der Waals surface area (Å²) in [5.41, 5.74) is -0.340. The molecule has 1 aliphatic carbocycles. The second kappa shape index (κ2) is 6.68. The predicted octanol–water partition coefficient (Wildman–Crippen LogP) is 3.47. The molecule has 1 fully saturated rings. The molecule has 1 amide bonds. The number of carboxylic acid groups (broad SMARTS) is 1. The van der Waals surface area contributed by atoms with Gasteiger partial charge in [-0.2, -0.15) is 0 Å². The monoisotopic (exact) mass is 348 g/mol. The summed E-state index contributed by atoms with van der Waals surface area (Å²) in [4.78, 5) is 28.1. The second-order valence-electron chi connectivity index (χ2n) is 6.02. The Morgan fingerprint density at radius 1 is 1.29 bits per heavy atom. The molecule has 126 valence electrons. The third kappa shape index (κ3) is 3.46. The van der Waals surface area contributed by atoms with Crippen molar-refractivity contribution < 1.29 is 19.1 Å². The van der Waals surface area contributed by atoms with E-state index in [1.807, 2.05) is 0 Å². The minimum Gasteiger partial charge on any atom is -0.481 e. The van der Waals surface area contributed by atoms with Gasteiger partial charge < -0.3 is 10.4 Å². The van der Waals surface area contributed by atoms with E-state index in [-0.39, 0.29) is 12.3 Å². The fraction of sp³-hybridized carbons (Fsp3) is 0.353. The van der Waals surface area contributed by atoms with Crippen LogP contribution in [-0.4, -0.2) is 27.5 Å². The van der Waals surface area contributed by atoms with Crippen molar-refractivity contribution in [1.29, 1.82) is 0 Å². The molecule has 1 heterocycles. The van der Waals surface area contributed by atoms with Gasteiger partial charge >= 0.3 is 5.97 Å². The summed E-state index contributed by atoms with van der Waals surface area (Å²) >= 11 is 1.10. The highest BCUT2D eigenvalue weighted by Gasteiger charge is 2.38. The Balaban J connectivity index is 1.79. The van der Waals surface area contributed by atoms with Gasteiger partial charge in [0.1, 0.15) is 15.7 Å². The molecule has 1 aromatic heterocycles. The van der Waals surface area contributed by atoms with Crippen molar-refractivity contribution in [2.45, 2.75) is 37.6 Å². The minimum atomic E-state index is -0.923. The number of hydrogen-bond acceptors (Lipinski definition) is 4. The number of carboxylic acids is 1. The molecule has 2 N–H and O–H groups in total. The lowest BCUT2D eigenvalue weighted by Gasteiger charge is -2.28. The summed E-state index contributed by atoms with van der Waals surface area (Å²) in [6.45, 7) is 0. The maximum absolute atomic E-state index is 13.8. The van der Waals surface area contributed by atoms with Crippen LogP contribution in [0.2, 0.25) is 0 Å². The summed E-state index contributed by atoms with van der Waals surface area (Å²) in [6, 6.07) is 6.26. The first-order valence-corrected chi connectivity index (χ1v) is 8.56. The van der Waals surface area contributed by atoms with Gasteiger partial charge in [-0.15, -0.1) is 11.3 Å². The number of hydrogen-bond donors (Lipinski definition) is 2. The molecule has 24 heavy (non-hydrogen) atoms. The average Bonchev–Trinajstić information content (AvgIpc) is 3.17. The predicted molar refractivity (Wildman–Crippen MR) is 88.4 cm³/mol. The Labute approximate surface area is 142 Å². The number of nitrogens with zero attached hydrogens (tertiary/aromatic N) is 1. The van der Waals surface area contributed by atoms with Gasteiger partial charge in [-0.25, -0.2) is 9.37 Å². The summed E-state index contributed by atoms with van der Waals surface area (Å²) < 4.78 is 13.8. The Morgan fingerprint density at radius 2 is 2.00 bits per heavy atom. The van der Waals surface area contributed by atoms with E-state index in [9.17, 15) is 14.0 Å². The molecule has 0 atom stereocenters. The number of halogens is 1. The third-order valence-electron chi connectivity index (χ3n) is 4.26. The van der Waals surface area contributed by atoms with Crippen LogP contribution in [0.15, 0.2) is 30.5 Å². The lowest BCUT2D eigenvalue weighted by Crippen LogP contribution is -2.47. The summed E-state index contributed by atoms with van der Waals surface area (Å²) in [5, 5.41) is 12.4. The number of carbonyl (C=O) groups is 2. The highest BCUT2D eigenvalue weighted by molar-refractivity contribution is 7.16. The van der Waals surface area contributed by atoms with Crippen molar-refractivity contribution in [3.8, 4) is 10.6 Å². The van der Waals surface area contributed by atoms with Crippen LogP contribution in [0.1, 0.15) is 41.8 Å². The van der Waals surface area contributed by atoms with E-state index in [1.165, 1.54) is 12.3 Å². The molecule has 1 saturated carbocycles. The van der Waals surface area contributed by atoms with Crippen LogP contribution in [0.4, 0.5) is 4.39 Å². The van der Waals surface area contributed by atoms with Crippen LogP contribution in [-0.2, 0) is 4.79 Å². The number of aliphatic carboxylic acids is 1. The fourth-order valence-electron chi connectivity index (χ4n) is 3.13. The molecule has 5 nitrogen and oxygen atoms in total. The van der Waals surface area contributed by atoms with Crippen molar-refractivity contribution in [3.63, 3.8) is 0 Å². The molecule has 0 spiro atoms. The van der Waals surface area contributed by atoms with Gasteiger partial charge in [0, 0.05) is 5.56 Å². The fourth-order valence-corrected chi connectivity index (χ4v) is 3.97. The lowest BCUT2D eigenvalue weighted by atomic mass is 9.93. The van der Waals surface area contributed by atoms with Gasteiger partial charge in [-0.1, -0.05) is 25.0 Å². The van der Waals surface area contributed by atoms with Crippen molar-refractivity contribution in [3.05, 3.63) is 41.2 Å². The Hall–Kier alpha value is -2.28. The number of carbonyl (C=O) groups excluding carboxylic acids is 1. The quantitative estimate of drug-likeness (QED) is 0.867. The zero-order valence-electron chi connectivity index (χ0n) is 12.9. The number of nitrogens with one attached hydrogen (secondary N) is 1. The third-order valence-corrected chi connectivity index (χ3v) is 5.29. The van der Waals surface area contributed by atoms with Crippen molar-refractivity contribution in [1.82, 2.24) is 10.3 Å². The van der Waals surface area contributed by atoms with E-state index in [0.717, 1.165) is 24.2 Å². The van der Waals surface area contributed by atoms with Crippen LogP contribution < -0.4 is 5.32 Å². The molecule has 0 aliphatic heterocycles. The molecule has 7 heteroatoms. The summed E-state index contributed by atoms with van der Waals surface area (Å²) in [7, 11) is 0. The number of amides is 1. The van der Waals surface area contributed by atoms with Crippen molar-refractivity contribution >= 4 is 23.2 Å². The molecule has 3 rings (SSSR count). The zero-order valence-corrected chi connectivity index (χ0v) is 13.7. The van der Waals surface area contributed by atoms with Gasteiger partial charge in [0.15, 0.2) is 0 Å². The van der Waals surface area contributed by atoms with E-state index in [0.29, 0.717) is 28.3 Å². The molecule has 0 unspecified atom stereocenters. The van der Waals surface area contributed by atoms with Crippen LogP contribution in [0.25, 0.3) is 10.6 Å². The number of rotatable bonds is 5. The molecule has 1 aliphatic rings. The zero-order chi connectivity index (χ0) is 17.2. The van der Waals surface area contributed by atoms with Crippen LogP contribution in [0.5, 0.6) is 0 Å². The van der Waals surface area contributed by atoms with E-state index in [4.69, 9.17) is 5.11 Å². The molecular weight excluding hydrogens is 331 g/mol. The van der Waals surface area contributed by atoms with Crippen molar-refractivity contribution in [2.75, 3.05) is 0 Å². The highest BCUT2D eigenvalue weighted by Crippen LogP contribution is 2.34. The topological polar surface area (TPSA) is 79.3 Å².